The molecule has 0 unspecified atom stereocenters. The van der Waals surface area contributed by atoms with Crippen molar-refractivity contribution in [3.63, 3.8) is 0 Å². The number of aromatic nitrogens is 1. The van der Waals surface area contributed by atoms with Gasteiger partial charge in [0.2, 0.25) is 0 Å². The van der Waals surface area contributed by atoms with Gasteiger partial charge in [-0.05, 0) is 64.4 Å². The number of ether oxygens (including phenoxy) is 4. The van der Waals surface area contributed by atoms with E-state index in [0.29, 0.717) is 35.6 Å². The van der Waals surface area contributed by atoms with Gasteiger partial charge in [0.15, 0.2) is 11.7 Å². The van der Waals surface area contributed by atoms with Crippen molar-refractivity contribution in [2.24, 2.45) is 10.4 Å². The number of esters is 1. The van der Waals surface area contributed by atoms with E-state index in [1.165, 1.54) is 6.20 Å². The summed E-state index contributed by atoms with van der Waals surface area (Å²) in [6.45, 7) is 10.6. The predicted octanol–water partition coefficient (Wildman–Crippen LogP) is 4.70. The number of hydrogen-bond acceptors (Lipinski definition) is 8. The van der Waals surface area contributed by atoms with Crippen LogP contribution >= 0.6 is 11.6 Å². The lowest BCUT2D eigenvalue weighted by molar-refractivity contribution is -0.247. The minimum absolute atomic E-state index is 0.0625. The Bertz CT molecular complexity index is 1280. The third kappa shape index (κ3) is 4.40. The van der Waals surface area contributed by atoms with Crippen LogP contribution in [0.2, 0.25) is 5.02 Å². The topological polar surface area (TPSA) is 96.3 Å². The molecule has 0 saturated carbocycles. The number of rotatable bonds is 5. The van der Waals surface area contributed by atoms with Crippen LogP contribution < -0.4 is 4.74 Å². The largest absolute Gasteiger partial charge is 0.487 e. The first-order valence-corrected chi connectivity index (χ1v) is 12.7. The first-order chi connectivity index (χ1) is 17.3. The zero-order chi connectivity index (χ0) is 26.6. The van der Waals surface area contributed by atoms with Gasteiger partial charge in [-0.2, -0.15) is 0 Å². The summed E-state index contributed by atoms with van der Waals surface area (Å²) in [5.41, 5.74) is -0.597. The maximum Gasteiger partial charge on any atom is 0.315 e. The fourth-order valence-corrected chi connectivity index (χ4v) is 5.49. The number of hydrogen-bond donors (Lipinski definition) is 0. The van der Waals surface area contributed by atoms with E-state index >= 15 is 0 Å². The summed E-state index contributed by atoms with van der Waals surface area (Å²) in [5.74, 6) is 0.481. The van der Waals surface area contributed by atoms with Gasteiger partial charge >= 0.3 is 5.97 Å². The number of carbonyl (C=O) groups is 2. The van der Waals surface area contributed by atoms with Gasteiger partial charge in [-0.25, -0.2) is 4.99 Å². The van der Waals surface area contributed by atoms with Crippen LogP contribution in [-0.4, -0.2) is 53.7 Å². The van der Waals surface area contributed by atoms with Gasteiger partial charge < -0.3 is 18.9 Å². The smallest absolute Gasteiger partial charge is 0.315 e. The van der Waals surface area contributed by atoms with E-state index in [2.05, 4.69) is 4.98 Å². The Kier molecular flexibility index (Phi) is 6.11. The van der Waals surface area contributed by atoms with Crippen LogP contribution in [0.25, 0.3) is 0 Å². The van der Waals surface area contributed by atoms with Gasteiger partial charge in [0.25, 0.3) is 0 Å². The second-order valence-electron chi connectivity index (χ2n) is 11.4. The SMILES string of the molecule is CC(C)(C)OC(=O)CC1=N[C@@]2(CO1)c1cc(CC(=O)c3ccc(Cl)cn3)ccc1OC(C)(C)C21COC1. The van der Waals surface area contributed by atoms with Gasteiger partial charge in [0.05, 0.1) is 23.7 Å². The van der Waals surface area contributed by atoms with E-state index in [1.807, 2.05) is 52.8 Å². The first-order valence-electron chi connectivity index (χ1n) is 12.3. The number of pyridine rings is 1. The van der Waals surface area contributed by atoms with Crippen LogP contribution in [0.5, 0.6) is 5.75 Å². The van der Waals surface area contributed by atoms with Crippen molar-refractivity contribution < 1.29 is 28.5 Å². The molecule has 2 spiro atoms. The molecule has 196 valence electrons. The van der Waals surface area contributed by atoms with Gasteiger partial charge in [-0.3, -0.25) is 14.6 Å². The van der Waals surface area contributed by atoms with Crippen LogP contribution in [0.3, 0.4) is 0 Å². The summed E-state index contributed by atoms with van der Waals surface area (Å²) in [7, 11) is 0. The molecule has 1 fully saturated rings. The van der Waals surface area contributed by atoms with E-state index in [0.717, 1.165) is 11.1 Å². The first kappa shape index (κ1) is 25.7. The molecule has 0 radical (unpaired) electrons. The van der Waals surface area contributed by atoms with Crippen molar-refractivity contribution in [1.82, 2.24) is 4.98 Å². The fraction of sp³-hybridized carbons (Fsp3) is 0.500. The van der Waals surface area contributed by atoms with Gasteiger partial charge in [-0.1, -0.05) is 17.7 Å². The minimum Gasteiger partial charge on any atom is -0.487 e. The monoisotopic (exact) mass is 526 g/mol. The third-order valence-corrected chi connectivity index (χ3v) is 7.58. The van der Waals surface area contributed by atoms with Crippen LogP contribution in [0.15, 0.2) is 41.5 Å². The summed E-state index contributed by atoms with van der Waals surface area (Å²) in [5, 5.41) is 0.473. The van der Waals surface area contributed by atoms with Crippen LogP contribution in [0, 0.1) is 5.41 Å². The third-order valence-electron chi connectivity index (χ3n) is 7.35. The molecule has 1 aromatic heterocycles. The highest BCUT2D eigenvalue weighted by Crippen LogP contribution is 2.62. The van der Waals surface area contributed by atoms with E-state index in [-0.39, 0.29) is 25.2 Å². The lowest BCUT2D eigenvalue weighted by atomic mass is 9.55. The number of benzene rings is 1. The summed E-state index contributed by atoms with van der Waals surface area (Å²) in [4.78, 5) is 34.7. The molecule has 0 bridgehead atoms. The Balaban J connectivity index is 1.52. The second kappa shape index (κ2) is 8.81. The minimum atomic E-state index is -0.836. The second-order valence-corrected chi connectivity index (χ2v) is 11.8. The molecule has 37 heavy (non-hydrogen) atoms. The molecule has 0 N–H and O–H groups in total. The standard InChI is InChI=1S/C28H31ClN2O6/c1-25(2,3)37-24(33)12-23-31-28(16-35-23)19-10-17(11-21(32)20-8-7-18(29)13-30-20)6-9-22(19)36-26(4,5)27(28)14-34-15-27/h6-10,13H,11-12,14-16H2,1-5H3/t28-/m0/s1. The lowest BCUT2D eigenvalue weighted by Crippen LogP contribution is -2.71. The summed E-state index contributed by atoms with van der Waals surface area (Å²) in [6.07, 6.45) is 1.55. The highest BCUT2D eigenvalue weighted by molar-refractivity contribution is 6.30. The maximum atomic E-state index is 12.9. The Labute approximate surface area is 221 Å². The number of nitrogens with zero attached hydrogens (tertiary/aromatic N) is 2. The molecule has 9 heteroatoms. The molecule has 0 amide bonds. The van der Waals surface area contributed by atoms with E-state index < -0.39 is 28.1 Å². The van der Waals surface area contributed by atoms with Crippen molar-refractivity contribution in [3.05, 3.63) is 58.4 Å². The zero-order valence-electron chi connectivity index (χ0n) is 21.7. The molecular weight excluding hydrogens is 496 g/mol. The van der Waals surface area contributed by atoms with E-state index in [9.17, 15) is 9.59 Å². The van der Waals surface area contributed by atoms with Crippen LogP contribution in [0.1, 0.15) is 62.7 Å². The molecule has 2 aromatic rings. The Morgan fingerprint density at radius 2 is 1.84 bits per heavy atom. The summed E-state index contributed by atoms with van der Waals surface area (Å²) in [6, 6.07) is 8.99. The van der Waals surface area contributed by atoms with Crippen LogP contribution in [-0.2, 0) is 31.0 Å². The number of carbonyl (C=O) groups excluding carboxylic acids is 2. The Morgan fingerprint density at radius 1 is 1.08 bits per heavy atom. The van der Waals surface area contributed by atoms with Crippen molar-refractivity contribution in [1.29, 1.82) is 0 Å². The highest BCUT2D eigenvalue weighted by atomic mass is 35.5. The van der Waals surface area contributed by atoms with Gasteiger partial charge in [0, 0.05) is 18.2 Å². The molecular formula is C28H31ClN2O6. The Morgan fingerprint density at radius 3 is 2.46 bits per heavy atom. The highest BCUT2D eigenvalue weighted by Gasteiger charge is 2.71. The number of halogens is 1. The molecule has 3 aliphatic rings. The van der Waals surface area contributed by atoms with Crippen LogP contribution in [0.4, 0.5) is 0 Å². The lowest BCUT2D eigenvalue weighted by Gasteiger charge is -2.61. The van der Waals surface area contributed by atoms with Crippen molar-refractivity contribution >= 4 is 29.3 Å². The fourth-order valence-electron chi connectivity index (χ4n) is 5.38. The van der Waals surface area contributed by atoms with E-state index in [1.54, 1.807) is 12.1 Å². The number of aliphatic imine (C=N–C) groups is 1. The average molecular weight is 527 g/mol. The molecule has 1 saturated heterocycles. The molecule has 8 nitrogen and oxygen atoms in total. The molecule has 3 aliphatic heterocycles. The van der Waals surface area contributed by atoms with Crippen molar-refractivity contribution in [3.8, 4) is 5.75 Å². The number of Topliss-reactive ketones (excluding diaryl/α,β-unsaturated/α-hetero) is 1. The summed E-state index contributed by atoms with van der Waals surface area (Å²) >= 11 is 5.92. The molecule has 0 aliphatic carbocycles. The molecule has 1 aromatic carbocycles. The van der Waals surface area contributed by atoms with Crippen molar-refractivity contribution in [2.75, 3.05) is 19.8 Å². The number of ketones is 1. The summed E-state index contributed by atoms with van der Waals surface area (Å²) < 4.78 is 23.8. The number of fused-ring (bicyclic) bond motifs is 3. The van der Waals surface area contributed by atoms with Gasteiger partial charge in [0.1, 0.15) is 41.2 Å². The Hall–Kier alpha value is -2.97. The molecule has 1 atom stereocenters. The quantitative estimate of drug-likeness (QED) is 0.411. The maximum absolute atomic E-state index is 12.9. The normalized spacial score (nSPS) is 22.9. The van der Waals surface area contributed by atoms with E-state index in [4.69, 9.17) is 35.5 Å². The van der Waals surface area contributed by atoms with Crippen molar-refractivity contribution in [2.45, 2.75) is 64.2 Å². The predicted molar refractivity (Wildman–Crippen MR) is 137 cm³/mol. The average Bonchev–Trinajstić information content (AvgIpc) is 3.15. The molecule has 4 heterocycles. The molecule has 5 rings (SSSR count). The zero-order valence-corrected chi connectivity index (χ0v) is 22.5. The van der Waals surface area contributed by atoms with Gasteiger partial charge in [-0.15, -0.1) is 0 Å².